The number of nitrogens with one attached hydrogen (secondary N) is 1. The van der Waals surface area contributed by atoms with Crippen LogP contribution in [0.1, 0.15) is 41.9 Å². The molecule has 0 saturated carbocycles. The lowest BCUT2D eigenvalue weighted by Gasteiger charge is -2.36. The second-order valence-electron chi connectivity index (χ2n) is 7.55. The molecule has 0 spiro atoms. The first-order valence-electron chi connectivity index (χ1n) is 9.57. The molecular formula is C21H28N4. The van der Waals surface area contributed by atoms with Crippen LogP contribution in [0.3, 0.4) is 0 Å². The number of hydrogen-bond donors (Lipinski definition) is 1. The maximum absolute atomic E-state index is 4.62. The van der Waals surface area contributed by atoms with Crippen molar-refractivity contribution in [3.8, 4) is 0 Å². The van der Waals surface area contributed by atoms with Gasteiger partial charge in [0.15, 0.2) is 0 Å². The molecule has 1 N–H and O–H groups in total. The third-order valence-corrected chi connectivity index (χ3v) is 5.59. The van der Waals surface area contributed by atoms with E-state index in [1.54, 1.807) is 5.56 Å². The minimum Gasteiger partial charge on any atom is -0.356 e. The first-order valence-corrected chi connectivity index (χ1v) is 9.57. The Bertz CT molecular complexity index is 714. The van der Waals surface area contributed by atoms with Crippen molar-refractivity contribution in [3.63, 3.8) is 0 Å². The zero-order valence-electron chi connectivity index (χ0n) is 15.3. The van der Waals surface area contributed by atoms with Crippen molar-refractivity contribution in [3.05, 3.63) is 53.0 Å². The molecule has 1 saturated heterocycles. The highest BCUT2D eigenvalue weighted by molar-refractivity contribution is 5.40. The summed E-state index contributed by atoms with van der Waals surface area (Å²) in [4.78, 5) is 11.4. The van der Waals surface area contributed by atoms with Crippen LogP contribution in [0.15, 0.2) is 30.3 Å². The van der Waals surface area contributed by atoms with Gasteiger partial charge < -0.3 is 10.2 Å². The highest BCUT2D eigenvalue weighted by atomic mass is 15.2. The van der Waals surface area contributed by atoms with Gasteiger partial charge in [-0.15, -0.1) is 0 Å². The lowest BCUT2D eigenvalue weighted by atomic mass is 9.87. The second-order valence-corrected chi connectivity index (χ2v) is 7.55. The van der Waals surface area contributed by atoms with Gasteiger partial charge in [0, 0.05) is 36.9 Å². The second kappa shape index (κ2) is 7.12. The van der Waals surface area contributed by atoms with Crippen LogP contribution in [-0.2, 0) is 12.8 Å². The number of anilines is 1. The molecule has 25 heavy (non-hydrogen) atoms. The van der Waals surface area contributed by atoms with Crippen molar-refractivity contribution >= 4 is 5.82 Å². The van der Waals surface area contributed by atoms with Crippen LogP contribution in [0.25, 0.3) is 0 Å². The van der Waals surface area contributed by atoms with Crippen LogP contribution in [-0.4, -0.2) is 35.1 Å². The van der Waals surface area contributed by atoms with Gasteiger partial charge in [-0.3, -0.25) is 0 Å². The zero-order chi connectivity index (χ0) is 17.2. The molecule has 0 amide bonds. The Morgan fingerprint density at radius 1 is 0.960 bits per heavy atom. The molecule has 2 aromatic rings. The summed E-state index contributed by atoms with van der Waals surface area (Å²) in [7, 11) is 0. The summed E-state index contributed by atoms with van der Waals surface area (Å²) in [6.45, 7) is 6.19. The predicted molar refractivity (Wildman–Crippen MR) is 102 cm³/mol. The number of piperidine rings is 1. The van der Waals surface area contributed by atoms with Crippen molar-refractivity contribution in [2.24, 2.45) is 0 Å². The average Bonchev–Trinajstić information content (AvgIpc) is 2.61. The van der Waals surface area contributed by atoms with E-state index >= 15 is 0 Å². The van der Waals surface area contributed by atoms with E-state index in [9.17, 15) is 0 Å². The number of rotatable bonds is 3. The number of aryl methyl sites for hydroxylation is 3. The Morgan fingerprint density at radius 2 is 1.72 bits per heavy atom. The number of aromatic nitrogens is 2. The Morgan fingerprint density at radius 3 is 2.48 bits per heavy atom. The third-order valence-electron chi connectivity index (χ3n) is 5.59. The van der Waals surface area contributed by atoms with Gasteiger partial charge in [-0.2, -0.15) is 0 Å². The number of nitrogens with zero attached hydrogens (tertiary/aromatic N) is 3. The molecule has 1 unspecified atom stereocenters. The maximum Gasteiger partial charge on any atom is 0.132 e. The fourth-order valence-corrected chi connectivity index (χ4v) is 4.31. The van der Waals surface area contributed by atoms with Gasteiger partial charge in [0.05, 0.1) is 0 Å². The Hall–Kier alpha value is -1.94. The SMILES string of the molecule is Cc1cc(N2CCC(NC3CCc4ccccc4C3)CC2)nc(C)n1. The van der Waals surface area contributed by atoms with E-state index < -0.39 is 0 Å². The summed E-state index contributed by atoms with van der Waals surface area (Å²) >= 11 is 0. The highest BCUT2D eigenvalue weighted by Crippen LogP contribution is 2.23. The van der Waals surface area contributed by atoms with Gasteiger partial charge in [-0.25, -0.2) is 9.97 Å². The maximum atomic E-state index is 4.62. The summed E-state index contributed by atoms with van der Waals surface area (Å²) < 4.78 is 0. The highest BCUT2D eigenvalue weighted by Gasteiger charge is 2.25. The normalized spacial score (nSPS) is 21.2. The predicted octanol–water partition coefficient (Wildman–Crippen LogP) is 3.21. The molecule has 132 valence electrons. The number of benzene rings is 1. The van der Waals surface area contributed by atoms with Crippen molar-refractivity contribution in [2.45, 2.75) is 58.0 Å². The molecule has 1 aromatic heterocycles. The largest absolute Gasteiger partial charge is 0.356 e. The van der Waals surface area contributed by atoms with Gasteiger partial charge in [-0.05, 0) is 57.1 Å². The average molecular weight is 336 g/mol. The molecule has 0 radical (unpaired) electrons. The molecule has 2 aliphatic rings. The standard InChI is InChI=1S/C21H28N4/c1-15-13-21(23-16(2)22-15)25-11-9-19(10-12-25)24-20-8-7-17-5-3-4-6-18(17)14-20/h3-6,13,19-20,24H,7-12,14H2,1-2H3. The van der Waals surface area contributed by atoms with E-state index in [4.69, 9.17) is 0 Å². The van der Waals surface area contributed by atoms with E-state index in [0.717, 1.165) is 30.4 Å². The van der Waals surface area contributed by atoms with Gasteiger partial charge in [-0.1, -0.05) is 24.3 Å². The molecule has 1 aliphatic heterocycles. The zero-order valence-corrected chi connectivity index (χ0v) is 15.3. The molecule has 4 heteroatoms. The van der Waals surface area contributed by atoms with E-state index in [1.165, 1.54) is 37.7 Å². The smallest absolute Gasteiger partial charge is 0.132 e. The first-order chi connectivity index (χ1) is 12.2. The van der Waals surface area contributed by atoms with Crippen LogP contribution < -0.4 is 10.2 Å². The molecule has 2 heterocycles. The van der Waals surface area contributed by atoms with Gasteiger partial charge in [0.1, 0.15) is 11.6 Å². The molecule has 4 nitrogen and oxygen atoms in total. The van der Waals surface area contributed by atoms with E-state index in [2.05, 4.69) is 50.5 Å². The fourth-order valence-electron chi connectivity index (χ4n) is 4.31. The number of fused-ring (bicyclic) bond motifs is 1. The minimum atomic E-state index is 0.634. The molecule has 0 bridgehead atoms. The van der Waals surface area contributed by atoms with Crippen LogP contribution in [0.2, 0.25) is 0 Å². The van der Waals surface area contributed by atoms with Crippen LogP contribution >= 0.6 is 0 Å². The third kappa shape index (κ3) is 3.84. The monoisotopic (exact) mass is 336 g/mol. The Labute approximate surface area is 150 Å². The molecular weight excluding hydrogens is 308 g/mol. The van der Waals surface area contributed by atoms with Gasteiger partial charge >= 0.3 is 0 Å². The lowest BCUT2D eigenvalue weighted by Crippen LogP contribution is -2.48. The summed E-state index contributed by atoms with van der Waals surface area (Å²) in [5, 5.41) is 3.93. The van der Waals surface area contributed by atoms with Crippen molar-refractivity contribution in [2.75, 3.05) is 18.0 Å². The van der Waals surface area contributed by atoms with Gasteiger partial charge in [0.2, 0.25) is 0 Å². The summed E-state index contributed by atoms with van der Waals surface area (Å²) in [6.07, 6.45) is 6.05. The summed E-state index contributed by atoms with van der Waals surface area (Å²) in [6, 6.07) is 12.3. The first kappa shape index (κ1) is 16.5. The van der Waals surface area contributed by atoms with Gasteiger partial charge in [0.25, 0.3) is 0 Å². The van der Waals surface area contributed by atoms with Crippen molar-refractivity contribution < 1.29 is 0 Å². The summed E-state index contributed by atoms with van der Waals surface area (Å²) in [5.74, 6) is 1.96. The fraction of sp³-hybridized carbons (Fsp3) is 0.524. The topological polar surface area (TPSA) is 41.0 Å². The Balaban J connectivity index is 1.32. The molecule has 1 aromatic carbocycles. The van der Waals surface area contributed by atoms with Crippen LogP contribution in [0.5, 0.6) is 0 Å². The van der Waals surface area contributed by atoms with E-state index in [1.807, 2.05) is 13.8 Å². The van der Waals surface area contributed by atoms with Crippen molar-refractivity contribution in [1.29, 1.82) is 0 Å². The number of hydrogen-bond acceptors (Lipinski definition) is 4. The quantitative estimate of drug-likeness (QED) is 0.934. The molecule has 1 aliphatic carbocycles. The lowest BCUT2D eigenvalue weighted by molar-refractivity contribution is 0.344. The summed E-state index contributed by atoms with van der Waals surface area (Å²) in [5.41, 5.74) is 4.14. The molecule has 1 atom stereocenters. The van der Waals surface area contributed by atoms with E-state index in [0.29, 0.717) is 12.1 Å². The van der Waals surface area contributed by atoms with Crippen molar-refractivity contribution in [1.82, 2.24) is 15.3 Å². The van der Waals surface area contributed by atoms with Crippen LogP contribution in [0, 0.1) is 13.8 Å². The molecule has 1 fully saturated rings. The minimum absolute atomic E-state index is 0.634. The van der Waals surface area contributed by atoms with Crippen LogP contribution in [0.4, 0.5) is 5.82 Å². The van der Waals surface area contributed by atoms with E-state index in [-0.39, 0.29) is 0 Å². The Kier molecular flexibility index (Phi) is 4.71. The molecule has 4 rings (SSSR count).